The molecule has 1 fully saturated rings. The molecule has 210 valence electrons. The maximum absolute atomic E-state index is 13.5. The Morgan fingerprint density at radius 1 is 0.925 bits per heavy atom. The second kappa shape index (κ2) is 12.5. The van der Waals surface area contributed by atoms with Crippen molar-refractivity contribution in [1.29, 1.82) is 0 Å². The molecule has 40 heavy (non-hydrogen) atoms. The summed E-state index contributed by atoms with van der Waals surface area (Å²) in [6, 6.07) is 23.6. The largest absolute Gasteiger partial charge is 0.490 e. The van der Waals surface area contributed by atoms with E-state index >= 15 is 0 Å². The molecular formula is C29H27ClF3N3O4. The lowest BCUT2D eigenvalue weighted by atomic mass is 9.98. The third-order valence-electron chi connectivity index (χ3n) is 6.73. The smallest absolute Gasteiger partial charge is 0.475 e. The Labute approximate surface area is 232 Å². The number of halogens is 4. The van der Waals surface area contributed by atoms with Crippen molar-refractivity contribution in [2.24, 2.45) is 5.92 Å². The van der Waals surface area contributed by atoms with Crippen LogP contribution in [0.5, 0.6) is 0 Å². The Morgan fingerprint density at radius 3 is 2.12 bits per heavy atom. The predicted molar refractivity (Wildman–Crippen MR) is 148 cm³/mol. The molecule has 1 aliphatic rings. The second-order valence-corrected chi connectivity index (χ2v) is 9.94. The number of nitrogens with zero attached hydrogens (tertiary/aromatic N) is 2. The number of aliphatic carboxylic acids is 1. The van der Waals surface area contributed by atoms with Gasteiger partial charge in [-0.25, -0.2) is 9.59 Å². The van der Waals surface area contributed by atoms with Gasteiger partial charge in [0.05, 0.1) is 17.4 Å². The van der Waals surface area contributed by atoms with E-state index in [1.54, 1.807) is 22.8 Å². The summed E-state index contributed by atoms with van der Waals surface area (Å²) < 4.78 is 34.8. The van der Waals surface area contributed by atoms with Crippen LogP contribution >= 0.6 is 11.6 Å². The summed E-state index contributed by atoms with van der Waals surface area (Å²) in [4.78, 5) is 35.7. The van der Waals surface area contributed by atoms with Crippen molar-refractivity contribution in [3.63, 3.8) is 0 Å². The first-order valence-corrected chi connectivity index (χ1v) is 13.0. The lowest BCUT2D eigenvalue weighted by Crippen LogP contribution is -2.43. The van der Waals surface area contributed by atoms with Crippen LogP contribution in [0.1, 0.15) is 18.4 Å². The average Bonchev–Trinajstić information content (AvgIpc) is 2.95. The van der Waals surface area contributed by atoms with Gasteiger partial charge in [-0.15, -0.1) is 0 Å². The normalized spacial score (nSPS) is 14.0. The molecule has 2 N–H and O–H groups in total. The van der Waals surface area contributed by atoms with Gasteiger partial charge in [-0.1, -0.05) is 66.2 Å². The minimum Gasteiger partial charge on any atom is -0.475 e. The molecule has 0 saturated carbocycles. The zero-order chi connectivity index (χ0) is 28.9. The molecule has 4 aromatic rings. The minimum atomic E-state index is -5.08. The number of carboxylic acid groups (broad SMARTS) is 1. The average molecular weight is 574 g/mol. The van der Waals surface area contributed by atoms with Crippen LogP contribution in [0.4, 0.5) is 13.2 Å². The predicted octanol–water partition coefficient (Wildman–Crippen LogP) is 5.16. The lowest BCUT2D eigenvalue weighted by molar-refractivity contribution is -0.192. The maximum atomic E-state index is 13.5. The molecule has 1 saturated heterocycles. The molecule has 1 aromatic heterocycles. The number of benzene rings is 3. The number of carbonyl (C=O) groups is 1. The van der Waals surface area contributed by atoms with Gasteiger partial charge in [0.15, 0.2) is 0 Å². The number of nitrogens with one attached hydrogen (secondary N) is 1. The fourth-order valence-electron chi connectivity index (χ4n) is 4.65. The number of alkyl halides is 3. The first kappa shape index (κ1) is 29.1. The summed E-state index contributed by atoms with van der Waals surface area (Å²) in [6.45, 7) is 2.66. The Balaban J connectivity index is 0.000000470. The standard InChI is InChI=1S/C27H26ClN3O2.C2HF3O2/c28-23-10-11-25-24(16-23)26(32)31(18-20-12-14-29-15-13-20)27(33)30(25)17-19-6-8-22(9-7-19)21-4-2-1-3-5-21;3-2(4,5)1(6)7/h1-11,16,20,29H,12-15,17-18H2;(H,6,7). The number of aromatic nitrogens is 2. The van der Waals surface area contributed by atoms with E-state index in [2.05, 4.69) is 29.6 Å². The van der Waals surface area contributed by atoms with E-state index in [-0.39, 0.29) is 11.2 Å². The van der Waals surface area contributed by atoms with Gasteiger partial charge in [0, 0.05) is 11.6 Å². The number of fused-ring (bicyclic) bond motifs is 1. The minimum absolute atomic E-state index is 0.258. The van der Waals surface area contributed by atoms with Crippen molar-refractivity contribution in [3.8, 4) is 11.1 Å². The van der Waals surface area contributed by atoms with E-state index in [0.29, 0.717) is 34.9 Å². The molecule has 0 aliphatic carbocycles. The number of hydrogen-bond donors (Lipinski definition) is 2. The first-order valence-electron chi connectivity index (χ1n) is 12.6. The SMILES string of the molecule is O=C(O)C(F)(F)F.O=c1c2cc(Cl)ccc2n(Cc2ccc(-c3ccccc3)cc2)c(=O)n1CC1CCNCC1. The quantitative estimate of drug-likeness (QED) is 0.344. The van der Waals surface area contributed by atoms with E-state index in [1.807, 2.05) is 30.3 Å². The molecule has 0 bridgehead atoms. The summed E-state index contributed by atoms with van der Waals surface area (Å²) in [5, 5.41) is 11.4. The van der Waals surface area contributed by atoms with Crippen LogP contribution in [0.25, 0.3) is 22.0 Å². The van der Waals surface area contributed by atoms with E-state index in [0.717, 1.165) is 42.6 Å². The summed E-state index contributed by atoms with van der Waals surface area (Å²) in [5.74, 6) is -2.45. The van der Waals surface area contributed by atoms with Crippen LogP contribution in [0.2, 0.25) is 5.02 Å². The second-order valence-electron chi connectivity index (χ2n) is 9.51. The summed E-state index contributed by atoms with van der Waals surface area (Å²) in [7, 11) is 0. The first-order chi connectivity index (χ1) is 19.0. The van der Waals surface area contributed by atoms with E-state index in [9.17, 15) is 22.8 Å². The molecule has 0 spiro atoms. The highest BCUT2D eigenvalue weighted by Crippen LogP contribution is 2.21. The number of hydrogen-bond acceptors (Lipinski definition) is 4. The third kappa shape index (κ3) is 7.00. The van der Waals surface area contributed by atoms with Crippen molar-refractivity contribution < 1.29 is 23.1 Å². The fraction of sp³-hybridized carbons (Fsp3) is 0.276. The summed E-state index contributed by atoms with van der Waals surface area (Å²) >= 11 is 6.22. The monoisotopic (exact) mass is 573 g/mol. The van der Waals surface area contributed by atoms with E-state index in [4.69, 9.17) is 21.5 Å². The Kier molecular flexibility index (Phi) is 9.11. The van der Waals surface area contributed by atoms with Crippen LogP contribution in [0.3, 0.4) is 0 Å². The van der Waals surface area contributed by atoms with Gasteiger partial charge >= 0.3 is 17.8 Å². The molecule has 1 aliphatic heterocycles. The summed E-state index contributed by atoms with van der Waals surface area (Å²) in [6.07, 6.45) is -3.17. The topological polar surface area (TPSA) is 93.3 Å². The Morgan fingerprint density at radius 2 is 1.52 bits per heavy atom. The highest BCUT2D eigenvalue weighted by atomic mass is 35.5. The van der Waals surface area contributed by atoms with E-state index in [1.165, 1.54) is 4.57 Å². The zero-order valence-electron chi connectivity index (χ0n) is 21.3. The lowest BCUT2D eigenvalue weighted by Gasteiger charge is -2.23. The molecule has 2 heterocycles. The van der Waals surface area contributed by atoms with Crippen molar-refractivity contribution >= 4 is 28.5 Å². The van der Waals surface area contributed by atoms with Crippen LogP contribution in [-0.2, 0) is 17.9 Å². The van der Waals surface area contributed by atoms with Gasteiger partial charge in [-0.2, -0.15) is 13.2 Å². The Bertz CT molecular complexity index is 1590. The van der Waals surface area contributed by atoms with Gasteiger partial charge in [-0.05, 0) is 66.7 Å². The molecule has 3 aromatic carbocycles. The number of piperidine rings is 1. The van der Waals surface area contributed by atoms with Crippen molar-refractivity contribution in [1.82, 2.24) is 14.5 Å². The van der Waals surface area contributed by atoms with Crippen molar-refractivity contribution in [2.75, 3.05) is 13.1 Å². The Hall–Kier alpha value is -3.89. The van der Waals surface area contributed by atoms with Gasteiger partial charge in [-0.3, -0.25) is 13.9 Å². The molecule has 0 unspecified atom stereocenters. The van der Waals surface area contributed by atoms with Crippen molar-refractivity contribution in [3.05, 3.63) is 104 Å². The van der Waals surface area contributed by atoms with Gasteiger partial charge in [0.25, 0.3) is 5.56 Å². The zero-order valence-corrected chi connectivity index (χ0v) is 22.1. The molecule has 11 heteroatoms. The molecule has 5 rings (SSSR count). The van der Waals surface area contributed by atoms with Crippen LogP contribution in [-0.4, -0.2) is 39.5 Å². The highest BCUT2D eigenvalue weighted by molar-refractivity contribution is 6.31. The van der Waals surface area contributed by atoms with Crippen LogP contribution in [0.15, 0.2) is 82.4 Å². The molecule has 7 nitrogen and oxygen atoms in total. The molecular weight excluding hydrogens is 547 g/mol. The maximum Gasteiger partial charge on any atom is 0.490 e. The molecule has 0 amide bonds. The third-order valence-corrected chi connectivity index (χ3v) is 6.97. The van der Waals surface area contributed by atoms with Crippen molar-refractivity contribution in [2.45, 2.75) is 32.1 Å². The van der Waals surface area contributed by atoms with E-state index < -0.39 is 12.1 Å². The highest BCUT2D eigenvalue weighted by Gasteiger charge is 2.38. The van der Waals surface area contributed by atoms with Crippen LogP contribution < -0.4 is 16.6 Å². The van der Waals surface area contributed by atoms with Gasteiger partial charge in [0.1, 0.15) is 0 Å². The number of rotatable bonds is 5. The number of carboxylic acids is 1. The van der Waals surface area contributed by atoms with Gasteiger partial charge < -0.3 is 10.4 Å². The van der Waals surface area contributed by atoms with Crippen LogP contribution in [0, 0.1) is 5.92 Å². The molecule has 0 radical (unpaired) electrons. The van der Waals surface area contributed by atoms with Gasteiger partial charge in [0.2, 0.25) is 0 Å². The molecule has 0 atom stereocenters. The summed E-state index contributed by atoms with van der Waals surface area (Å²) in [5.41, 5.74) is 3.37. The fourth-order valence-corrected chi connectivity index (χ4v) is 4.82.